The van der Waals surface area contributed by atoms with Crippen LogP contribution in [0.5, 0.6) is 0 Å². The van der Waals surface area contributed by atoms with Gasteiger partial charge < -0.3 is 9.88 Å². The highest BCUT2D eigenvalue weighted by molar-refractivity contribution is 7.99. The normalized spacial score (nSPS) is 13.6. The quantitative estimate of drug-likeness (QED) is 0.633. The van der Waals surface area contributed by atoms with Crippen LogP contribution in [0.1, 0.15) is 5.56 Å². The summed E-state index contributed by atoms with van der Waals surface area (Å²) in [4.78, 5) is 29.8. The summed E-state index contributed by atoms with van der Waals surface area (Å²) in [6, 6.07) is 15.8. The number of halogens is 1. The van der Waals surface area contributed by atoms with Crippen LogP contribution in [-0.4, -0.2) is 45.2 Å². The molecule has 148 valence electrons. The molecule has 2 heterocycles. The molecule has 0 saturated carbocycles. The van der Waals surface area contributed by atoms with Gasteiger partial charge in [-0.1, -0.05) is 42.1 Å². The largest absolute Gasteiger partial charge is 0.336 e. The number of rotatable bonds is 6. The van der Waals surface area contributed by atoms with E-state index in [-0.39, 0.29) is 23.5 Å². The first-order valence-electron chi connectivity index (χ1n) is 9.18. The van der Waals surface area contributed by atoms with Crippen LogP contribution in [0.15, 0.2) is 66.0 Å². The topological polar surface area (TPSA) is 67.2 Å². The van der Waals surface area contributed by atoms with Crippen molar-refractivity contribution in [2.75, 3.05) is 18.8 Å². The van der Waals surface area contributed by atoms with E-state index in [2.05, 4.69) is 10.3 Å². The molecule has 1 N–H and O–H groups in total. The van der Waals surface area contributed by atoms with Crippen molar-refractivity contribution >= 4 is 23.7 Å². The first-order valence-corrected chi connectivity index (χ1v) is 10.2. The van der Waals surface area contributed by atoms with Crippen molar-refractivity contribution in [1.29, 1.82) is 0 Å². The minimum absolute atomic E-state index is 0.113. The average Bonchev–Trinajstić information content (AvgIpc) is 3.34. The molecular weight excluding hydrogens is 391 g/mol. The number of nitrogens with one attached hydrogen (secondary N) is 1. The van der Waals surface area contributed by atoms with Gasteiger partial charge in [-0.15, -0.1) is 0 Å². The number of urea groups is 1. The minimum atomic E-state index is -0.352. The summed E-state index contributed by atoms with van der Waals surface area (Å²) in [6.07, 6.45) is 1.73. The van der Waals surface area contributed by atoms with Crippen LogP contribution in [-0.2, 0) is 11.3 Å². The van der Waals surface area contributed by atoms with E-state index in [1.807, 2.05) is 34.9 Å². The number of benzene rings is 2. The van der Waals surface area contributed by atoms with Gasteiger partial charge >= 0.3 is 6.03 Å². The summed E-state index contributed by atoms with van der Waals surface area (Å²) in [6.45, 7) is 1.43. The molecule has 0 radical (unpaired) electrons. The van der Waals surface area contributed by atoms with Crippen molar-refractivity contribution in [3.63, 3.8) is 0 Å². The standard InChI is InChI=1S/C21H19FN4O2S/c22-17-8-6-16(7-9-17)18-12-24-21(26(18)13-15-4-2-1-3-5-15)29-14-19(27)25-11-10-23-20(25)28/h1-9,12H,10-11,13-14H2,(H,23,28). The maximum absolute atomic E-state index is 13.3. The highest BCUT2D eigenvalue weighted by Crippen LogP contribution is 2.28. The number of imidazole rings is 1. The number of thioether (sulfide) groups is 1. The van der Waals surface area contributed by atoms with Crippen LogP contribution in [0.4, 0.5) is 9.18 Å². The van der Waals surface area contributed by atoms with E-state index in [0.717, 1.165) is 16.8 Å². The summed E-state index contributed by atoms with van der Waals surface area (Å²) in [5.41, 5.74) is 2.76. The van der Waals surface area contributed by atoms with Crippen molar-refractivity contribution in [3.8, 4) is 11.3 Å². The Bertz CT molecular complexity index is 1020. The van der Waals surface area contributed by atoms with Gasteiger partial charge in [0.1, 0.15) is 5.82 Å². The summed E-state index contributed by atoms with van der Waals surface area (Å²) in [5, 5.41) is 3.30. The van der Waals surface area contributed by atoms with Crippen LogP contribution in [0.25, 0.3) is 11.3 Å². The van der Waals surface area contributed by atoms with Gasteiger partial charge in [0.05, 0.1) is 24.2 Å². The van der Waals surface area contributed by atoms with E-state index < -0.39 is 0 Å². The van der Waals surface area contributed by atoms with Crippen LogP contribution in [0.2, 0.25) is 0 Å². The van der Waals surface area contributed by atoms with E-state index in [1.165, 1.54) is 28.8 Å². The Labute approximate surface area is 171 Å². The zero-order valence-corrected chi connectivity index (χ0v) is 16.4. The second-order valence-electron chi connectivity index (χ2n) is 6.57. The lowest BCUT2D eigenvalue weighted by Crippen LogP contribution is -2.35. The Morgan fingerprint density at radius 3 is 2.59 bits per heavy atom. The van der Waals surface area contributed by atoms with E-state index in [4.69, 9.17) is 0 Å². The third-order valence-electron chi connectivity index (χ3n) is 4.63. The molecule has 29 heavy (non-hydrogen) atoms. The van der Waals surface area contributed by atoms with Crippen LogP contribution < -0.4 is 5.32 Å². The Morgan fingerprint density at radius 2 is 1.90 bits per heavy atom. The predicted octanol–water partition coefficient (Wildman–Crippen LogP) is 3.38. The maximum Gasteiger partial charge on any atom is 0.324 e. The van der Waals surface area contributed by atoms with Crippen LogP contribution in [0, 0.1) is 5.82 Å². The van der Waals surface area contributed by atoms with Gasteiger partial charge in [-0.25, -0.2) is 14.2 Å². The molecule has 3 amide bonds. The first-order chi connectivity index (χ1) is 14.1. The fourth-order valence-electron chi connectivity index (χ4n) is 3.16. The molecule has 0 atom stereocenters. The monoisotopic (exact) mass is 410 g/mol. The zero-order chi connectivity index (χ0) is 20.2. The fourth-order valence-corrected chi connectivity index (χ4v) is 4.01. The van der Waals surface area contributed by atoms with E-state index in [9.17, 15) is 14.0 Å². The van der Waals surface area contributed by atoms with E-state index in [1.54, 1.807) is 18.3 Å². The molecule has 0 bridgehead atoms. The zero-order valence-electron chi connectivity index (χ0n) is 15.5. The highest BCUT2D eigenvalue weighted by Gasteiger charge is 2.26. The number of carbonyl (C=O) groups is 2. The second kappa shape index (κ2) is 8.48. The van der Waals surface area contributed by atoms with Crippen LogP contribution in [0.3, 0.4) is 0 Å². The van der Waals surface area contributed by atoms with Gasteiger partial charge in [-0.05, 0) is 35.4 Å². The lowest BCUT2D eigenvalue weighted by Gasteiger charge is -2.14. The Kier molecular flexibility index (Phi) is 5.62. The third kappa shape index (κ3) is 4.32. The Hall–Kier alpha value is -3.13. The van der Waals surface area contributed by atoms with Gasteiger partial charge in [-0.3, -0.25) is 9.69 Å². The summed E-state index contributed by atoms with van der Waals surface area (Å²) in [5.74, 6) is -0.434. The van der Waals surface area contributed by atoms with Gasteiger partial charge in [0, 0.05) is 13.1 Å². The Balaban J connectivity index is 1.59. The number of aromatic nitrogens is 2. The van der Waals surface area contributed by atoms with Gasteiger partial charge in [-0.2, -0.15) is 0 Å². The van der Waals surface area contributed by atoms with Crippen molar-refractivity contribution in [1.82, 2.24) is 19.8 Å². The number of imide groups is 1. The van der Waals surface area contributed by atoms with Gasteiger partial charge in [0.2, 0.25) is 5.91 Å². The lowest BCUT2D eigenvalue weighted by atomic mass is 10.1. The summed E-state index contributed by atoms with van der Waals surface area (Å²) >= 11 is 1.29. The molecule has 1 fully saturated rings. The Morgan fingerprint density at radius 1 is 1.14 bits per heavy atom. The molecule has 2 aromatic carbocycles. The van der Waals surface area contributed by atoms with Crippen molar-refractivity contribution in [2.24, 2.45) is 0 Å². The molecule has 1 aliphatic heterocycles. The van der Waals surface area contributed by atoms with Gasteiger partial charge in [0.15, 0.2) is 5.16 Å². The number of carbonyl (C=O) groups excluding carboxylic acids is 2. The number of hydrogen-bond donors (Lipinski definition) is 1. The first kappa shape index (κ1) is 19.2. The van der Waals surface area contributed by atoms with Crippen molar-refractivity contribution in [3.05, 3.63) is 72.2 Å². The smallest absolute Gasteiger partial charge is 0.324 e. The minimum Gasteiger partial charge on any atom is -0.336 e. The molecule has 0 unspecified atom stereocenters. The molecule has 8 heteroatoms. The van der Waals surface area contributed by atoms with Gasteiger partial charge in [0.25, 0.3) is 0 Å². The lowest BCUT2D eigenvalue weighted by molar-refractivity contribution is -0.124. The maximum atomic E-state index is 13.3. The van der Waals surface area contributed by atoms with Crippen molar-refractivity contribution in [2.45, 2.75) is 11.7 Å². The number of hydrogen-bond acceptors (Lipinski definition) is 4. The van der Waals surface area contributed by atoms with Crippen molar-refractivity contribution < 1.29 is 14.0 Å². The second-order valence-corrected chi connectivity index (χ2v) is 7.51. The molecule has 1 aliphatic rings. The molecule has 0 spiro atoms. The molecule has 0 aliphatic carbocycles. The number of amides is 3. The van der Waals surface area contributed by atoms with E-state index >= 15 is 0 Å². The average molecular weight is 410 g/mol. The van der Waals surface area contributed by atoms with Crippen LogP contribution >= 0.6 is 11.8 Å². The number of nitrogens with zero attached hydrogens (tertiary/aromatic N) is 3. The third-order valence-corrected chi connectivity index (χ3v) is 5.60. The molecule has 1 saturated heterocycles. The van der Waals surface area contributed by atoms with E-state index in [0.29, 0.717) is 24.8 Å². The summed E-state index contributed by atoms with van der Waals surface area (Å²) < 4.78 is 15.3. The predicted molar refractivity (Wildman–Crippen MR) is 109 cm³/mol. The summed E-state index contributed by atoms with van der Waals surface area (Å²) in [7, 11) is 0. The highest BCUT2D eigenvalue weighted by atomic mass is 32.2. The molecule has 1 aromatic heterocycles. The molecule has 4 rings (SSSR count). The molecule has 3 aromatic rings. The molecular formula is C21H19FN4O2S. The molecule has 6 nitrogen and oxygen atoms in total. The fraction of sp³-hybridized carbons (Fsp3) is 0.190. The SMILES string of the molecule is O=C(CSc1ncc(-c2ccc(F)cc2)n1Cc1ccccc1)N1CCNC1=O.